The van der Waals surface area contributed by atoms with Crippen molar-refractivity contribution in [3.05, 3.63) is 46.1 Å². The molecular weight excluding hydrogens is 322 g/mol. The lowest BCUT2D eigenvalue weighted by atomic mass is 10.1. The van der Waals surface area contributed by atoms with Crippen LogP contribution >= 0.6 is 11.3 Å². The van der Waals surface area contributed by atoms with Crippen molar-refractivity contribution in [2.75, 3.05) is 5.32 Å². The van der Waals surface area contributed by atoms with Gasteiger partial charge < -0.3 is 0 Å². The second-order valence-corrected chi connectivity index (χ2v) is 6.03. The number of nitrogens with one attached hydrogen (secondary N) is 1. The second-order valence-electron chi connectivity index (χ2n) is 5.02. The molecule has 0 aliphatic heterocycles. The van der Waals surface area contributed by atoms with Crippen LogP contribution in [0.5, 0.6) is 0 Å². The first-order valence-electron chi connectivity index (χ1n) is 6.75. The number of rotatable bonds is 3. The third kappa shape index (κ3) is 3.16. The number of aryl methyl sites for hydroxylation is 2. The second kappa shape index (κ2) is 5.96. The lowest BCUT2D eigenvalue weighted by Gasteiger charge is -2.07. The minimum absolute atomic E-state index is 0.0361. The molecule has 0 saturated carbocycles. The Morgan fingerprint density at radius 3 is 2.70 bits per heavy atom. The summed E-state index contributed by atoms with van der Waals surface area (Å²) in [5.41, 5.74) is 2.77. The highest BCUT2D eigenvalue weighted by Gasteiger charge is 2.17. The van der Waals surface area contributed by atoms with Crippen molar-refractivity contribution in [3.63, 3.8) is 0 Å². The normalized spacial score (nSPS) is 11.2. The van der Waals surface area contributed by atoms with E-state index >= 15 is 0 Å². The zero-order chi connectivity index (χ0) is 16.6. The van der Waals surface area contributed by atoms with Crippen LogP contribution in [-0.4, -0.2) is 21.1 Å². The van der Waals surface area contributed by atoms with E-state index in [4.69, 9.17) is 0 Å². The SMILES string of the molecule is Cc1ccc2nc(C)c(C(=O)Nc3nnc(C(F)F)s3)cc2c1. The van der Waals surface area contributed by atoms with E-state index in [-0.39, 0.29) is 5.13 Å². The number of carbonyl (C=O) groups excluding carboxylic acids is 1. The van der Waals surface area contributed by atoms with Crippen molar-refractivity contribution < 1.29 is 13.6 Å². The molecule has 0 aliphatic carbocycles. The van der Waals surface area contributed by atoms with Gasteiger partial charge in [-0.2, -0.15) is 0 Å². The van der Waals surface area contributed by atoms with Crippen molar-refractivity contribution in [2.24, 2.45) is 0 Å². The van der Waals surface area contributed by atoms with E-state index in [0.29, 0.717) is 22.6 Å². The number of anilines is 1. The predicted molar refractivity (Wildman–Crippen MR) is 84.0 cm³/mol. The molecule has 1 amide bonds. The molecule has 0 saturated heterocycles. The Bertz CT molecular complexity index is 894. The number of fused-ring (bicyclic) bond motifs is 1. The van der Waals surface area contributed by atoms with Crippen LogP contribution in [0.4, 0.5) is 13.9 Å². The van der Waals surface area contributed by atoms with E-state index in [0.717, 1.165) is 16.5 Å². The minimum atomic E-state index is -2.70. The highest BCUT2D eigenvalue weighted by molar-refractivity contribution is 7.15. The van der Waals surface area contributed by atoms with Crippen LogP contribution in [0.25, 0.3) is 10.9 Å². The van der Waals surface area contributed by atoms with Crippen LogP contribution in [0.2, 0.25) is 0 Å². The van der Waals surface area contributed by atoms with Crippen LogP contribution in [0.1, 0.15) is 33.0 Å². The quantitative estimate of drug-likeness (QED) is 0.789. The van der Waals surface area contributed by atoms with Crippen molar-refractivity contribution in [1.29, 1.82) is 0 Å². The smallest absolute Gasteiger partial charge is 0.291 e. The molecule has 3 rings (SSSR count). The first-order valence-corrected chi connectivity index (χ1v) is 7.56. The first kappa shape index (κ1) is 15.4. The van der Waals surface area contributed by atoms with Crippen LogP contribution in [0.15, 0.2) is 24.3 Å². The molecule has 0 radical (unpaired) electrons. The van der Waals surface area contributed by atoms with Gasteiger partial charge in [-0.05, 0) is 32.0 Å². The van der Waals surface area contributed by atoms with E-state index in [1.807, 2.05) is 25.1 Å². The highest BCUT2D eigenvalue weighted by atomic mass is 32.1. The molecule has 0 bridgehead atoms. The largest absolute Gasteiger partial charge is 0.296 e. The number of amides is 1. The van der Waals surface area contributed by atoms with Crippen molar-refractivity contribution in [1.82, 2.24) is 15.2 Å². The van der Waals surface area contributed by atoms with Gasteiger partial charge in [-0.3, -0.25) is 15.1 Å². The summed E-state index contributed by atoms with van der Waals surface area (Å²) < 4.78 is 25.0. The van der Waals surface area contributed by atoms with Gasteiger partial charge in [-0.15, -0.1) is 10.2 Å². The Morgan fingerprint density at radius 2 is 2.00 bits per heavy atom. The van der Waals surface area contributed by atoms with Gasteiger partial charge in [0.2, 0.25) is 5.13 Å². The summed E-state index contributed by atoms with van der Waals surface area (Å²) >= 11 is 0.651. The van der Waals surface area contributed by atoms with Gasteiger partial charge in [0.05, 0.1) is 16.8 Å². The summed E-state index contributed by atoms with van der Waals surface area (Å²) in [6.45, 7) is 3.67. The molecule has 2 heterocycles. The third-order valence-electron chi connectivity index (χ3n) is 3.25. The van der Waals surface area contributed by atoms with Crippen molar-refractivity contribution >= 4 is 33.3 Å². The highest BCUT2D eigenvalue weighted by Crippen LogP contribution is 2.26. The molecule has 0 fully saturated rings. The predicted octanol–water partition coefficient (Wildman–Crippen LogP) is 3.89. The fourth-order valence-electron chi connectivity index (χ4n) is 2.16. The monoisotopic (exact) mass is 334 g/mol. The lowest BCUT2D eigenvalue weighted by Crippen LogP contribution is -2.14. The number of benzene rings is 1. The Kier molecular flexibility index (Phi) is 3.99. The topological polar surface area (TPSA) is 67.8 Å². The van der Waals surface area contributed by atoms with Gasteiger partial charge in [0.1, 0.15) is 0 Å². The number of alkyl halides is 2. The fourth-order valence-corrected chi connectivity index (χ4v) is 2.75. The summed E-state index contributed by atoms with van der Waals surface area (Å²) in [5, 5.41) is 9.81. The Hall–Kier alpha value is -2.48. The van der Waals surface area contributed by atoms with E-state index < -0.39 is 17.3 Å². The number of aromatic nitrogens is 3. The minimum Gasteiger partial charge on any atom is -0.296 e. The van der Waals surface area contributed by atoms with Crippen LogP contribution in [0.3, 0.4) is 0 Å². The summed E-state index contributed by atoms with van der Waals surface area (Å²) in [6.07, 6.45) is -2.70. The Morgan fingerprint density at radius 1 is 1.22 bits per heavy atom. The van der Waals surface area contributed by atoms with Gasteiger partial charge in [-0.25, -0.2) is 8.78 Å². The first-order chi connectivity index (χ1) is 10.9. The van der Waals surface area contributed by atoms with Crippen LogP contribution in [-0.2, 0) is 0 Å². The summed E-state index contributed by atoms with van der Waals surface area (Å²) in [6, 6.07) is 7.49. The average Bonchev–Trinajstić information content (AvgIpc) is 2.95. The van der Waals surface area contributed by atoms with E-state index in [1.165, 1.54) is 0 Å². The third-order valence-corrected chi connectivity index (χ3v) is 4.10. The molecule has 1 aromatic carbocycles. The summed E-state index contributed by atoms with van der Waals surface area (Å²) in [5.74, 6) is -0.449. The van der Waals surface area contributed by atoms with E-state index in [9.17, 15) is 13.6 Å². The zero-order valence-electron chi connectivity index (χ0n) is 12.3. The number of pyridine rings is 1. The fraction of sp³-hybridized carbons (Fsp3) is 0.200. The molecule has 0 aliphatic rings. The molecule has 0 unspecified atom stereocenters. The standard InChI is InChI=1S/C15H12F2N4OS/c1-7-3-4-11-9(5-7)6-10(8(2)18-11)13(22)19-15-21-20-14(23-15)12(16)17/h3-6,12H,1-2H3,(H,19,21,22). The summed E-state index contributed by atoms with van der Waals surface area (Å²) in [4.78, 5) is 16.7. The molecule has 3 aromatic rings. The number of nitrogens with zero attached hydrogens (tertiary/aromatic N) is 3. The number of carbonyl (C=O) groups is 1. The molecule has 0 atom stereocenters. The van der Waals surface area contributed by atoms with Crippen molar-refractivity contribution in [2.45, 2.75) is 20.3 Å². The Balaban J connectivity index is 1.91. The number of halogens is 2. The maximum atomic E-state index is 12.5. The lowest BCUT2D eigenvalue weighted by molar-refractivity contribution is 0.102. The number of hydrogen-bond acceptors (Lipinski definition) is 5. The molecule has 8 heteroatoms. The van der Waals surface area contributed by atoms with E-state index in [2.05, 4.69) is 20.5 Å². The number of hydrogen-bond donors (Lipinski definition) is 1. The van der Waals surface area contributed by atoms with Crippen LogP contribution < -0.4 is 5.32 Å². The van der Waals surface area contributed by atoms with Gasteiger partial charge in [0.15, 0.2) is 5.01 Å². The molecule has 5 nitrogen and oxygen atoms in total. The Labute approximate surface area is 134 Å². The van der Waals surface area contributed by atoms with Gasteiger partial charge in [-0.1, -0.05) is 23.0 Å². The molecule has 1 N–H and O–H groups in total. The van der Waals surface area contributed by atoms with E-state index in [1.54, 1.807) is 13.0 Å². The summed E-state index contributed by atoms with van der Waals surface area (Å²) in [7, 11) is 0. The van der Waals surface area contributed by atoms with Gasteiger partial charge in [0, 0.05) is 5.39 Å². The molecular formula is C15H12F2N4OS. The zero-order valence-corrected chi connectivity index (χ0v) is 13.1. The maximum absolute atomic E-state index is 12.5. The molecule has 2 aromatic heterocycles. The average molecular weight is 334 g/mol. The van der Waals surface area contributed by atoms with Gasteiger partial charge in [0.25, 0.3) is 12.3 Å². The van der Waals surface area contributed by atoms with Crippen LogP contribution in [0, 0.1) is 13.8 Å². The van der Waals surface area contributed by atoms with Crippen molar-refractivity contribution in [3.8, 4) is 0 Å². The molecule has 23 heavy (non-hydrogen) atoms. The van der Waals surface area contributed by atoms with Gasteiger partial charge >= 0.3 is 0 Å². The molecule has 118 valence electrons. The maximum Gasteiger partial charge on any atom is 0.291 e. The molecule has 0 spiro atoms.